The second kappa shape index (κ2) is 7.62. The van der Waals surface area contributed by atoms with Crippen molar-refractivity contribution in [2.45, 2.75) is 13.0 Å². The third kappa shape index (κ3) is 4.93. The summed E-state index contributed by atoms with van der Waals surface area (Å²) >= 11 is 3.39. The summed E-state index contributed by atoms with van der Waals surface area (Å²) < 4.78 is 6.60. The van der Waals surface area contributed by atoms with Gasteiger partial charge in [-0.3, -0.25) is 4.79 Å². The van der Waals surface area contributed by atoms with Crippen LogP contribution in [0.25, 0.3) is 0 Å². The van der Waals surface area contributed by atoms with E-state index in [0.717, 1.165) is 36.2 Å². The van der Waals surface area contributed by atoms with Crippen molar-refractivity contribution < 1.29 is 9.53 Å². The molecule has 1 aliphatic heterocycles. The summed E-state index contributed by atoms with van der Waals surface area (Å²) in [5.41, 5.74) is 1.12. The highest BCUT2D eigenvalue weighted by molar-refractivity contribution is 9.10. The maximum Gasteiger partial charge on any atom is 0.224 e. The minimum absolute atomic E-state index is 0.192. The van der Waals surface area contributed by atoms with Gasteiger partial charge in [0.15, 0.2) is 0 Å². The van der Waals surface area contributed by atoms with E-state index in [1.165, 1.54) is 0 Å². The molecular formula is C14H19BrN2O2. The van der Waals surface area contributed by atoms with E-state index in [1.54, 1.807) is 0 Å². The van der Waals surface area contributed by atoms with E-state index >= 15 is 0 Å². The predicted molar refractivity (Wildman–Crippen MR) is 77.9 cm³/mol. The van der Waals surface area contributed by atoms with Crippen molar-refractivity contribution in [1.29, 1.82) is 0 Å². The Morgan fingerprint density at radius 1 is 1.26 bits per heavy atom. The Bertz CT molecular complexity index is 402. The molecule has 0 aromatic heterocycles. The van der Waals surface area contributed by atoms with Gasteiger partial charge < -0.3 is 15.0 Å². The van der Waals surface area contributed by atoms with Crippen molar-refractivity contribution in [2.75, 3.05) is 32.8 Å². The normalized spacial score (nSPS) is 15.5. The molecule has 0 saturated carbocycles. The monoisotopic (exact) mass is 326 g/mol. The molecule has 0 bridgehead atoms. The first-order valence-electron chi connectivity index (χ1n) is 6.56. The summed E-state index contributed by atoms with van der Waals surface area (Å²) in [4.78, 5) is 13.8. The van der Waals surface area contributed by atoms with Crippen LogP contribution in [-0.2, 0) is 16.1 Å². The summed E-state index contributed by atoms with van der Waals surface area (Å²) in [6.07, 6.45) is 0.469. The smallest absolute Gasteiger partial charge is 0.224 e. The van der Waals surface area contributed by atoms with Crippen LogP contribution in [0, 0.1) is 0 Å². The van der Waals surface area contributed by atoms with E-state index in [4.69, 9.17) is 4.74 Å². The van der Waals surface area contributed by atoms with Gasteiger partial charge in [-0.1, -0.05) is 28.1 Å². The Kier molecular flexibility index (Phi) is 5.82. The number of hydrogen-bond donors (Lipinski definition) is 1. The number of hydrogen-bond acceptors (Lipinski definition) is 3. The van der Waals surface area contributed by atoms with Crippen LogP contribution in [-0.4, -0.2) is 43.6 Å². The van der Waals surface area contributed by atoms with Crippen molar-refractivity contribution in [1.82, 2.24) is 10.2 Å². The van der Waals surface area contributed by atoms with Crippen molar-refractivity contribution in [3.05, 3.63) is 34.3 Å². The summed E-state index contributed by atoms with van der Waals surface area (Å²) in [7, 11) is 0. The van der Waals surface area contributed by atoms with E-state index in [1.807, 2.05) is 29.2 Å². The van der Waals surface area contributed by atoms with Crippen LogP contribution >= 0.6 is 15.9 Å². The molecule has 0 aliphatic carbocycles. The largest absolute Gasteiger partial charge is 0.376 e. The second-order valence-corrected chi connectivity index (χ2v) is 5.48. The van der Waals surface area contributed by atoms with E-state index in [9.17, 15) is 4.79 Å². The Morgan fingerprint density at radius 3 is 2.63 bits per heavy atom. The minimum atomic E-state index is 0.192. The van der Waals surface area contributed by atoms with E-state index < -0.39 is 0 Å². The molecular weight excluding hydrogens is 308 g/mol. The molecule has 104 valence electrons. The van der Waals surface area contributed by atoms with Crippen molar-refractivity contribution in [3.8, 4) is 0 Å². The van der Waals surface area contributed by atoms with E-state index in [-0.39, 0.29) is 5.91 Å². The fourth-order valence-electron chi connectivity index (χ4n) is 2.00. The van der Waals surface area contributed by atoms with Crippen LogP contribution < -0.4 is 5.32 Å². The Balaban J connectivity index is 1.63. The Labute approximate surface area is 122 Å². The van der Waals surface area contributed by atoms with Gasteiger partial charge in [-0.05, 0) is 17.7 Å². The zero-order valence-corrected chi connectivity index (χ0v) is 12.5. The van der Waals surface area contributed by atoms with Gasteiger partial charge in [0, 0.05) is 30.7 Å². The van der Waals surface area contributed by atoms with Crippen LogP contribution in [0.1, 0.15) is 12.0 Å². The number of piperazine rings is 1. The zero-order chi connectivity index (χ0) is 13.5. The van der Waals surface area contributed by atoms with Crippen LogP contribution in [0.4, 0.5) is 0 Å². The molecule has 1 aromatic carbocycles. The molecule has 0 unspecified atom stereocenters. The second-order valence-electron chi connectivity index (χ2n) is 4.56. The van der Waals surface area contributed by atoms with Crippen LogP contribution in [0.15, 0.2) is 28.7 Å². The summed E-state index contributed by atoms with van der Waals surface area (Å²) in [5, 5.41) is 3.23. The molecule has 19 heavy (non-hydrogen) atoms. The number of carbonyl (C=O) groups excluding carboxylic acids is 1. The molecule has 1 N–H and O–H groups in total. The number of rotatable bonds is 5. The van der Waals surface area contributed by atoms with Crippen LogP contribution in [0.2, 0.25) is 0 Å². The van der Waals surface area contributed by atoms with Crippen molar-refractivity contribution >= 4 is 21.8 Å². The first-order chi connectivity index (χ1) is 9.25. The van der Waals surface area contributed by atoms with E-state index in [2.05, 4.69) is 21.2 Å². The number of ether oxygens (including phenoxy) is 1. The Morgan fingerprint density at radius 2 is 1.95 bits per heavy atom. The van der Waals surface area contributed by atoms with Crippen LogP contribution in [0.3, 0.4) is 0 Å². The van der Waals surface area contributed by atoms with Gasteiger partial charge in [0.1, 0.15) is 0 Å². The van der Waals surface area contributed by atoms with Crippen molar-refractivity contribution in [3.63, 3.8) is 0 Å². The number of nitrogens with zero attached hydrogens (tertiary/aromatic N) is 1. The number of amides is 1. The number of halogens is 1. The summed E-state index contributed by atoms with van der Waals surface area (Å²) in [6.45, 7) is 4.45. The van der Waals surface area contributed by atoms with Gasteiger partial charge >= 0.3 is 0 Å². The molecule has 1 saturated heterocycles. The lowest BCUT2D eigenvalue weighted by Gasteiger charge is -2.27. The third-order valence-electron chi connectivity index (χ3n) is 3.11. The van der Waals surface area contributed by atoms with Gasteiger partial charge in [0.05, 0.1) is 19.6 Å². The van der Waals surface area contributed by atoms with Gasteiger partial charge in [-0.2, -0.15) is 0 Å². The average molecular weight is 327 g/mol. The fraction of sp³-hybridized carbons (Fsp3) is 0.500. The maximum atomic E-state index is 11.9. The maximum absolute atomic E-state index is 11.9. The highest BCUT2D eigenvalue weighted by atomic mass is 79.9. The predicted octanol–water partition coefficient (Wildman–Crippen LogP) is 1.79. The molecule has 1 aromatic rings. The first-order valence-corrected chi connectivity index (χ1v) is 7.36. The van der Waals surface area contributed by atoms with Crippen molar-refractivity contribution in [2.24, 2.45) is 0 Å². The molecule has 0 spiro atoms. The SMILES string of the molecule is O=C(CCOCc1ccc(Br)cc1)N1CCNCC1. The number of carbonyl (C=O) groups is 1. The quantitative estimate of drug-likeness (QED) is 0.839. The zero-order valence-electron chi connectivity index (χ0n) is 10.9. The average Bonchev–Trinajstić information content (AvgIpc) is 2.46. The molecule has 0 atom stereocenters. The highest BCUT2D eigenvalue weighted by Crippen LogP contribution is 2.11. The fourth-order valence-corrected chi connectivity index (χ4v) is 2.27. The molecule has 4 nitrogen and oxygen atoms in total. The lowest BCUT2D eigenvalue weighted by molar-refractivity contribution is -0.133. The standard InChI is InChI=1S/C14H19BrN2O2/c15-13-3-1-12(2-4-13)11-19-10-5-14(18)17-8-6-16-7-9-17/h1-4,16H,5-11H2. The topological polar surface area (TPSA) is 41.6 Å². The summed E-state index contributed by atoms with van der Waals surface area (Å²) in [5.74, 6) is 0.192. The van der Waals surface area contributed by atoms with E-state index in [0.29, 0.717) is 19.6 Å². The Hall–Kier alpha value is -0.910. The first kappa shape index (κ1) is 14.5. The third-order valence-corrected chi connectivity index (χ3v) is 3.64. The summed E-state index contributed by atoms with van der Waals surface area (Å²) in [6, 6.07) is 8.01. The lowest BCUT2D eigenvalue weighted by Crippen LogP contribution is -2.46. The van der Waals surface area contributed by atoms with Gasteiger partial charge in [-0.25, -0.2) is 0 Å². The van der Waals surface area contributed by atoms with Gasteiger partial charge in [0.2, 0.25) is 5.91 Å². The molecule has 1 heterocycles. The molecule has 2 rings (SSSR count). The molecule has 1 amide bonds. The van der Waals surface area contributed by atoms with Gasteiger partial charge in [-0.15, -0.1) is 0 Å². The number of nitrogens with one attached hydrogen (secondary N) is 1. The minimum Gasteiger partial charge on any atom is -0.376 e. The van der Waals surface area contributed by atoms with Crippen LogP contribution in [0.5, 0.6) is 0 Å². The highest BCUT2D eigenvalue weighted by Gasteiger charge is 2.15. The molecule has 5 heteroatoms. The lowest BCUT2D eigenvalue weighted by atomic mass is 10.2. The molecule has 1 fully saturated rings. The molecule has 0 radical (unpaired) electrons. The number of benzene rings is 1. The van der Waals surface area contributed by atoms with Gasteiger partial charge in [0.25, 0.3) is 0 Å². The molecule has 1 aliphatic rings.